The molecule has 0 bridgehead atoms. The van der Waals surface area contributed by atoms with E-state index in [1.807, 2.05) is 0 Å². The van der Waals surface area contributed by atoms with Gasteiger partial charge in [0.1, 0.15) is 5.82 Å². The van der Waals surface area contributed by atoms with Gasteiger partial charge in [0.25, 0.3) is 0 Å². The van der Waals surface area contributed by atoms with Gasteiger partial charge in [-0.15, -0.1) is 10.2 Å². The lowest BCUT2D eigenvalue weighted by atomic mass is 10.2. The molecule has 15 heavy (non-hydrogen) atoms. The molecule has 0 atom stereocenters. The Hall–Kier alpha value is -0.570. The first-order valence-corrected chi connectivity index (χ1v) is 6.15. The fourth-order valence-corrected chi connectivity index (χ4v) is 2.08. The molecule has 1 aliphatic carbocycles. The number of nitrogens with zero attached hydrogens (tertiary/aromatic N) is 3. The van der Waals surface area contributed by atoms with Crippen LogP contribution in [-0.4, -0.2) is 14.8 Å². The Balaban J connectivity index is 1.94. The van der Waals surface area contributed by atoms with Crippen LogP contribution in [-0.2, 0) is 6.54 Å². The molecule has 1 aromatic rings. The smallest absolute Gasteiger partial charge is 0.225 e. The molecule has 1 fully saturated rings. The van der Waals surface area contributed by atoms with Crippen molar-refractivity contribution in [1.82, 2.24) is 14.8 Å². The number of aromatic nitrogens is 3. The maximum absolute atomic E-state index is 6.01. The standard InChI is InChI=1S/C11H18ClN3/c1-8(2)10-13-14-11(12)15(10)7-3-4-9-5-6-9/h8-9H,3-7H2,1-2H3. The molecule has 0 radical (unpaired) electrons. The Morgan fingerprint density at radius 1 is 1.40 bits per heavy atom. The van der Waals surface area contributed by atoms with Crippen molar-refractivity contribution in [3.05, 3.63) is 11.1 Å². The number of halogens is 1. The Labute approximate surface area is 95.8 Å². The van der Waals surface area contributed by atoms with E-state index in [-0.39, 0.29) is 0 Å². The van der Waals surface area contributed by atoms with Gasteiger partial charge in [0.2, 0.25) is 5.28 Å². The van der Waals surface area contributed by atoms with Gasteiger partial charge in [0.15, 0.2) is 0 Å². The summed E-state index contributed by atoms with van der Waals surface area (Å²) in [4.78, 5) is 0. The van der Waals surface area contributed by atoms with Crippen LogP contribution in [0.3, 0.4) is 0 Å². The quantitative estimate of drug-likeness (QED) is 0.773. The molecule has 2 rings (SSSR count). The van der Waals surface area contributed by atoms with Crippen LogP contribution in [0.4, 0.5) is 0 Å². The van der Waals surface area contributed by atoms with Crippen LogP contribution >= 0.6 is 11.6 Å². The minimum Gasteiger partial charge on any atom is -0.302 e. The van der Waals surface area contributed by atoms with Crippen LogP contribution in [0.25, 0.3) is 0 Å². The average molecular weight is 228 g/mol. The minimum atomic E-state index is 0.394. The van der Waals surface area contributed by atoms with E-state index in [4.69, 9.17) is 11.6 Å². The van der Waals surface area contributed by atoms with Crippen LogP contribution in [0.5, 0.6) is 0 Å². The first-order chi connectivity index (χ1) is 7.18. The second kappa shape index (κ2) is 4.52. The van der Waals surface area contributed by atoms with Crippen molar-refractivity contribution in [2.45, 2.75) is 52.0 Å². The molecule has 3 nitrogen and oxygen atoms in total. The molecule has 0 aliphatic heterocycles. The van der Waals surface area contributed by atoms with Crippen molar-refractivity contribution in [2.24, 2.45) is 5.92 Å². The Bertz CT molecular complexity index is 329. The predicted octanol–water partition coefficient (Wildman–Crippen LogP) is 3.25. The lowest BCUT2D eigenvalue weighted by Crippen LogP contribution is -2.06. The zero-order valence-corrected chi connectivity index (χ0v) is 10.2. The highest BCUT2D eigenvalue weighted by atomic mass is 35.5. The highest BCUT2D eigenvalue weighted by molar-refractivity contribution is 6.28. The lowest BCUT2D eigenvalue weighted by Gasteiger charge is -2.09. The molecule has 0 unspecified atom stereocenters. The summed E-state index contributed by atoms with van der Waals surface area (Å²) in [6.45, 7) is 5.21. The van der Waals surface area contributed by atoms with E-state index >= 15 is 0 Å². The van der Waals surface area contributed by atoms with Crippen molar-refractivity contribution in [3.63, 3.8) is 0 Å². The molecule has 0 amide bonds. The highest BCUT2D eigenvalue weighted by Gasteiger charge is 2.21. The minimum absolute atomic E-state index is 0.394. The first-order valence-electron chi connectivity index (χ1n) is 5.77. The Morgan fingerprint density at radius 2 is 2.13 bits per heavy atom. The molecule has 0 saturated heterocycles. The van der Waals surface area contributed by atoms with Gasteiger partial charge in [0, 0.05) is 12.5 Å². The zero-order chi connectivity index (χ0) is 10.8. The third-order valence-electron chi connectivity index (χ3n) is 2.94. The second-order valence-corrected chi connectivity index (χ2v) is 5.06. The maximum atomic E-state index is 6.01. The van der Waals surface area contributed by atoms with Gasteiger partial charge in [-0.3, -0.25) is 0 Å². The van der Waals surface area contributed by atoms with Crippen molar-refractivity contribution in [3.8, 4) is 0 Å². The third-order valence-corrected chi connectivity index (χ3v) is 3.22. The Morgan fingerprint density at radius 3 is 2.73 bits per heavy atom. The van der Waals surface area contributed by atoms with Crippen molar-refractivity contribution < 1.29 is 0 Å². The van der Waals surface area contributed by atoms with E-state index in [9.17, 15) is 0 Å². The van der Waals surface area contributed by atoms with Crippen LogP contribution in [0, 0.1) is 5.92 Å². The van der Waals surface area contributed by atoms with Crippen LogP contribution in [0.2, 0.25) is 5.28 Å². The summed E-state index contributed by atoms with van der Waals surface area (Å²) in [6.07, 6.45) is 5.37. The van der Waals surface area contributed by atoms with Gasteiger partial charge in [-0.25, -0.2) is 0 Å². The van der Waals surface area contributed by atoms with Crippen LogP contribution < -0.4 is 0 Å². The third kappa shape index (κ3) is 2.71. The monoisotopic (exact) mass is 227 g/mol. The van der Waals surface area contributed by atoms with E-state index in [1.54, 1.807) is 0 Å². The van der Waals surface area contributed by atoms with Crippen molar-refractivity contribution in [1.29, 1.82) is 0 Å². The zero-order valence-electron chi connectivity index (χ0n) is 9.41. The van der Waals surface area contributed by atoms with E-state index in [0.717, 1.165) is 18.3 Å². The van der Waals surface area contributed by atoms with E-state index < -0.39 is 0 Å². The molecule has 0 N–H and O–H groups in total. The largest absolute Gasteiger partial charge is 0.302 e. The normalized spacial score (nSPS) is 16.3. The molecule has 1 saturated carbocycles. The van der Waals surface area contributed by atoms with E-state index in [1.165, 1.54) is 25.7 Å². The molecule has 0 aromatic carbocycles. The summed E-state index contributed by atoms with van der Waals surface area (Å²) < 4.78 is 2.05. The Kier molecular flexibility index (Phi) is 3.29. The van der Waals surface area contributed by atoms with Gasteiger partial charge >= 0.3 is 0 Å². The highest BCUT2D eigenvalue weighted by Crippen LogP contribution is 2.33. The summed E-state index contributed by atoms with van der Waals surface area (Å²) in [7, 11) is 0. The van der Waals surface area contributed by atoms with Gasteiger partial charge in [-0.05, 0) is 30.4 Å². The summed E-state index contributed by atoms with van der Waals surface area (Å²) in [6, 6.07) is 0. The molecular formula is C11H18ClN3. The van der Waals surface area contributed by atoms with E-state index in [2.05, 4.69) is 28.6 Å². The molecule has 1 heterocycles. The fraction of sp³-hybridized carbons (Fsp3) is 0.818. The summed E-state index contributed by atoms with van der Waals surface area (Å²) in [5, 5.41) is 8.58. The van der Waals surface area contributed by atoms with Gasteiger partial charge in [-0.2, -0.15) is 0 Å². The van der Waals surface area contributed by atoms with Crippen molar-refractivity contribution >= 4 is 11.6 Å². The summed E-state index contributed by atoms with van der Waals surface area (Å²) >= 11 is 6.01. The van der Waals surface area contributed by atoms with Gasteiger partial charge < -0.3 is 4.57 Å². The number of hydrogen-bond donors (Lipinski definition) is 0. The average Bonchev–Trinajstić information content (AvgIpc) is 2.92. The van der Waals surface area contributed by atoms with Gasteiger partial charge in [-0.1, -0.05) is 26.7 Å². The molecule has 4 heteroatoms. The number of hydrogen-bond acceptors (Lipinski definition) is 2. The molecule has 84 valence electrons. The molecule has 0 spiro atoms. The van der Waals surface area contributed by atoms with E-state index in [0.29, 0.717) is 11.2 Å². The predicted molar refractivity (Wildman–Crippen MR) is 61.1 cm³/mol. The molecule has 1 aliphatic rings. The maximum Gasteiger partial charge on any atom is 0.225 e. The molecular weight excluding hydrogens is 210 g/mol. The molecule has 1 aromatic heterocycles. The number of rotatable bonds is 5. The topological polar surface area (TPSA) is 30.7 Å². The lowest BCUT2D eigenvalue weighted by molar-refractivity contribution is 0.548. The van der Waals surface area contributed by atoms with Gasteiger partial charge in [0.05, 0.1) is 0 Å². The summed E-state index contributed by atoms with van der Waals surface area (Å²) in [5.41, 5.74) is 0. The van der Waals surface area contributed by atoms with Crippen LogP contribution in [0.15, 0.2) is 0 Å². The second-order valence-electron chi connectivity index (χ2n) is 4.72. The van der Waals surface area contributed by atoms with Crippen LogP contribution in [0.1, 0.15) is 51.3 Å². The first kappa shape index (κ1) is 10.9. The summed E-state index contributed by atoms with van der Waals surface area (Å²) in [5.74, 6) is 2.39. The SMILES string of the molecule is CC(C)c1nnc(Cl)n1CCCC1CC1. The van der Waals surface area contributed by atoms with Crippen molar-refractivity contribution in [2.75, 3.05) is 0 Å². The fourth-order valence-electron chi connectivity index (χ4n) is 1.87.